The van der Waals surface area contributed by atoms with Gasteiger partial charge in [0.05, 0.1) is 6.04 Å². The number of aryl methyl sites for hydroxylation is 1. The lowest BCUT2D eigenvalue weighted by molar-refractivity contribution is -0.134. The second kappa shape index (κ2) is 12.1. The van der Waals surface area contributed by atoms with Crippen molar-refractivity contribution < 1.29 is 4.79 Å². The Morgan fingerprint density at radius 2 is 1.66 bits per heavy atom. The zero-order valence-corrected chi connectivity index (χ0v) is 21.9. The topological polar surface area (TPSA) is 49.6 Å². The smallest absolute Gasteiger partial charge is 0.239 e. The first kappa shape index (κ1) is 26.7. The van der Waals surface area contributed by atoms with Crippen LogP contribution in [0.1, 0.15) is 86.1 Å². The highest BCUT2D eigenvalue weighted by molar-refractivity contribution is 5.81. The van der Waals surface area contributed by atoms with E-state index in [1.165, 1.54) is 24.1 Å². The maximum Gasteiger partial charge on any atom is 0.239 e. The molecule has 0 spiro atoms. The fourth-order valence-electron chi connectivity index (χ4n) is 4.53. The summed E-state index contributed by atoms with van der Waals surface area (Å²) in [4.78, 5) is 17.4. The fourth-order valence-corrected chi connectivity index (χ4v) is 4.53. The second-order valence-corrected chi connectivity index (χ2v) is 11.9. The monoisotopic (exact) mass is 443 g/mol. The molecule has 1 aromatic carbocycles. The first-order chi connectivity index (χ1) is 15.0. The van der Waals surface area contributed by atoms with Gasteiger partial charge in [-0.05, 0) is 73.5 Å². The number of nitrogens with two attached hydrogens (primary N) is 1. The number of carbonyl (C=O) groups excluding carboxylic acids is 1. The van der Waals surface area contributed by atoms with Crippen LogP contribution in [0.25, 0.3) is 0 Å². The molecule has 0 radical (unpaired) electrons. The lowest BCUT2D eigenvalue weighted by Gasteiger charge is -2.41. The Morgan fingerprint density at radius 1 is 1.06 bits per heavy atom. The van der Waals surface area contributed by atoms with E-state index in [1.807, 2.05) is 4.90 Å². The summed E-state index contributed by atoms with van der Waals surface area (Å²) in [6.45, 7) is 18.5. The zero-order valence-electron chi connectivity index (χ0n) is 21.9. The highest BCUT2D eigenvalue weighted by Crippen LogP contribution is 2.27. The van der Waals surface area contributed by atoms with E-state index in [1.54, 1.807) is 0 Å². The van der Waals surface area contributed by atoms with Gasteiger partial charge in [-0.2, -0.15) is 0 Å². The van der Waals surface area contributed by atoms with Gasteiger partial charge in [-0.25, -0.2) is 0 Å². The molecule has 0 bridgehead atoms. The molecule has 1 amide bonds. The average molecular weight is 444 g/mol. The maximum absolute atomic E-state index is 12.8. The summed E-state index contributed by atoms with van der Waals surface area (Å²) < 4.78 is 0. The summed E-state index contributed by atoms with van der Waals surface area (Å²) in [5.74, 6) is 1.26. The van der Waals surface area contributed by atoms with Crippen LogP contribution in [-0.4, -0.2) is 42.5 Å². The van der Waals surface area contributed by atoms with Gasteiger partial charge in [0.25, 0.3) is 0 Å². The van der Waals surface area contributed by atoms with Crippen molar-refractivity contribution in [1.82, 2.24) is 4.90 Å². The SMILES string of the molecule is CC(C)CCN(c1ccc(CCC(C)(C)C)cc1)C1CCN(C(=O)C(N)CC(C)C)CC1. The van der Waals surface area contributed by atoms with Crippen molar-refractivity contribution in [2.24, 2.45) is 23.0 Å². The average Bonchev–Trinajstić information content (AvgIpc) is 2.72. The normalized spacial score (nSPS) is 16.6. The number of anilines is 1. The third-order valence-corrected chi connectivity index (χ3v) is 6.64. The molecule has 182 valence electrons. The summed E-state index contributed by atoms with van der Waals surface area (Å²) in [7, 11) is 0. The number of hydrogen-bond donors (Lipinski definition) is 1. The van der Waals surface area contributed by atoms with Crippen LogP contribution in [-0.2, 0) is 11.2 Å². The van der Waals surface area contributed by atoms with Gasteiger partial charge in [0.2, 0.25) is 5.91 Å². The summed E-state index contributed by atoms with van der Waals surface area (Å²) >= 11 is 0. The summed E-state index contributed by atoms with van der Waals surface area (Å²) in [6, 6.07) is 9.38. The van der Waals surface area contributed by atoms with Crippen LogP contribution in [0.5, 0.6) is 0 Å². The molecule has 1 aliphatic heterocycles. The zero-order chi connectivity index (χ0) is 23.9. The Bertz CT molecular complexity index is 682. The van der Waals surface area contributed by atoms with E-state index < -0.39 is 0 Å². The van der Waals surface area contributed by atoms with E-state index in [-0.39, 0.29) is 11.9 Å². The molecule has 1 aliphatic rings. The first-order valence-corrected chi connectivity index (χ1v) is 12.9. The van der Waals surface area contributed by atoms with Crippen molar-refractivity contribution in [2.75, 3.05) is 24.5 Å². The molecule has 32 heavy (non-hydrogen) atoms. The lowest BCUT2D eigenvalue weighted by Crippen LogP contribution is -2.51. The summed E-state index contributed by atoms with van der Waals surface area (Å²) in [6.07, 6.45) is 6.32. The van der Waals surface area contributed by atoms with E-state index in [4.69, 9.17) is 5.73 Å². The van der Waals surface area contributed by atoms with E-state index in [2.05, 4.69) is 77.6 Å². The first-order valence-electron chi connectivity index (χ1n) is 12.9. The Hall–Kier alpha value is -1.55. The van der Waals surface area contributed by atoms with E-state index >= 15 is 0 Å². The molecule has 2 N–H and O–H groups in total. The lowest BCUT2D eigenvalue weighted by atomic mass is 9.88. The standard InChI is InChI=1S/C28H49N3O/c1-21(2)13-19-31(24-10-8-23(9-11-24)12-16-28(5,6)7)25-14-17-30(18-15-25)27(32)26(29)20-22(3)4/h8-11,21-22,25-26H,12-20,29H2,1-7H3. The minimum Gasteiger partial charge on any atom is -0.368 e. The van der Waals surface area contributed by atoms with Gasteiger partial charge in [0.15, 0.2) is 0 Å². The largest absolute Gasteiger partial charge is 0.368 e. The molecule has 1 aromatic rings. The van der Waals surface area contributed by atoms with E-state index in [0.29, 0.717) is 23.3 Å². The van der Waals surface area contributed by atoms with E-state index in [0.717, 1.165) is 45.3 Å². The van der Waals surface area contributed by atoms with Crippen LogP contribution >= 0.6 is 0 Å². The molecule has 1 atom stereocenters. The van der Waals surface area contributed by atoms with Gasteiger partial charge in [-0.1, -0.05) is 60.6 Å². The number of hydrogen-bond acceptors (Lipinski definition) is 3. The van der Waals surface area contributed by atoms with Crippen molar-refractivity contribution in [3.63, 3.8) is 0 Å². The molecule has 0 aromatic heterocycles. The highest BCUT2D eigenvalue weighted by Gasteiger charge is 2.29. The van der Waals surface area contributed by atoms with Gasteiger partial charge in [-0.15, -0.1) is 0 Å². The van der Waals surface area contributed by atoms with Gasteiger partial charge < -0.3 is 15.5 Å². The molecule has 4 nitrogen and oxygen atoms in total. The number of benzene rings is 1. The molecule has 1 fully saturated rings. The van der Waals surface area contributed by atoms with Crippen LogP contribution in [0, 0.1) is 17.3 Å². The van der Waals surface area contributed by atoms with Crippen molar-refractivity contribution in [2.45, 2.75) is 99.1 Å². The number of rotatable bonds is 10. The van der Waals surface area contributed by atoms with Crippen LogP contribution in [0.2, 0.25) is 0 Å². The van der Waals surface area contributed by atoms with Gasteiger partial charge in [0.1, 0.15) is 0 Å². The number of amides is 1. The quantitative estimate of drug-likeness (QED) is 0.491. The third-order valence-electron chi connectivity index (χ3n) is 6.64. The predicted octanol–water partition coefficient (Wildman–Crippen LogP) is 5.88. The number of piperidine rings is 1. The Labute approximate surface area is 197 Å². The van der Waals surface area contributed by atoms with Gasteiger partial charge in [0, 0.05) is 31.4 Å². The van der Waals surface area contributed by atoms with Crippen molar-refractivity contribution >= 4 is 11.6 Å². The fraction of sp³-hybridized carbons (Fsp3) is 0.750. The maximum atomic E-state index is 12.8. The second-order valence-electron chi connectivity index (χ2n) is 11.9. The Kier molecular flexibility index (Phi) is 10.1. The summed E-state index contributed by atoms with van der Waals surface area (Å²) in [5, 5.41) is 0. The van der Waals surface area contributed by atoms with Crippen LogP contribution in [0.3, 0.4) is 0 Å². The van der Waals surface area contributed by atoms with Gasteiger partial charge >= 0.3 is 0 Å². The predicted molar refractivity (Wildman–Crippen MR) is 138 cm³/mol. The number of nitrogens with zero attached hydrogens (tertiary/aromatic N) is 2. The molecule has 0 aliphatic carbocycles. The Morgan fingerprint density at radius 3 is 2.16 bits per heavy atom. The van der Waals surface area contributed by atoms with Crippen molar-refractivity contribution in [3.8, 4) is 0 Å². The molecule has 1 saturated heterocycles. The molecule has 2 rings (SSSR count). The van der Waals surface area contributed by atoms with Crippen molar-refractivity contribution in [1.29, 1.82) is 0 Å². The molecule has 1 heterocycles. The minimum absolute atomic E-state index is 0.133. The molecule has 0 saturated carbocycles. The molecule has 4 heteroatoms. The molecular formula is C28H49N3O. The third kappa shape index (κ3) is 8.77. The summed E-state index contributed by atoms with van der Waals surface area (Å²) in [5.41, 5.74) is 9.29. The molecule has 1 unspecified atom stereocenters. The Balaban J connectivity index is 2.02. The number of likely N-dealkylation sites (tertiary alicyclic amines) is 1. The van der Waals surface area contributed by atoms with Crippen LogP contribution in [0.4, 0.5) is 5.69 Å². The number of carbonyl (C=O) groups is 1. The highest BCUT2D eigenvalue weighted by atomic mass is 16.2. The van der Waals surface area contributed by atoms with Gasteiger partial charge in [-0.3, -0.25) is 4.79 Å². The van der Waals surface area contributed by atoms with Crippen molar-refractivity contribution in [3.05, 3.63) is 29.8 Å². The molecular weight excluding hydrogens is 394 g/mol. The van der Waals surface area contributed by atoms with Crippen LogP contribution in [0.15, 0.2) is 24.3 Å². The van der Waals surface area contributed by atoms with E-state index in [9.17, 15) is 4.79 Å². The minimum atomic E-state index is -0.357. The van der Waals surface area contributed by atoms with Crippen LogP contribution < -0.4 is 10.6 Å².